The highest BCUT2D eigenvalue weighted by molar-refractivity contribution is 6.30. The molecule has 1 aliphatic heterocycles. The molecule has 0 spiro atoms. The summed E-state index contributed by atoms with van der Waals surface area (Å²) in [5, 5.41) is 4.64. The van der Waals surface area contributed by atoms with Gasteiger partial charge < -0.3 is 14.2 Å². The van der Waals surface area contributed by atoms with Crippen LogP contribution in [0.2, 0.25) is 5.02 Å². The van der Waals surface area contributed by atoms with Gasteiger partial charge in [-0.2, -0.15) is 0 Å². The zero-order valence-corrected chi connectivity index (χ0v) is 13.3. The highest BCUT2D eigenvalue weighted by Crippen LogP contribution is 2.31. The van der Waals surface area contributed by atoms with E-state index in [4.69, 9.17) is 20.9 Å². The van der Waals surface area contributed by atoms with E-state index in [1.807, 2.05) is 17.0 Å². The number of benzene rings is 1. The van der Waals surface area contributed by atoms with E-state index in [2.05, 4.69) is 5.16 Å². The number of morpholine rings is 1. The molecular weight excluding hydrogens is 316 g/mol. The van der Waals surface area contributed by atoms with Gasteiger partial charge in [-0.3, -0.25) is 4.79 Å². The minimum absolute atomic E-state index is 0.106. The zero-order chi connectivity index (χ0) is 15.8. The molecule has 2 atom stereocenters. The number of carbonyl (C=O) groups excluding carboxylic acids is 1. The Bertz CT molecular complexity index is 730. The second-order valence-corrected chi connectivity index (χ2v) is 6.43. The summed E-state index contributed by atoms with van der Waals surface area (Å²) in [7, 11) is 0. The largest absolute Gasteiger partial charge is 0.374 e. The Morgan fingerprint density at radius 1 is 1.30 bits per heavy atom. The second kappa shape index (κ2) is 5.98. The van der Waals surface area contributed by atoms with Gasteiger partial charge in [0.15, 0.2) is 0 Å². The van der Waals surface area contributed by atoms with E-state index in [1.165, 1.54) is 0 Å². The summed E-state index contributed by atoms with van der Waals surface area (Å²) in [5.41, 5.74) is 1.45. The molecule has 2 fully saturated rings. The van der Waals surface area contributed by atoms with Crippen molar-refractivity contribution < 1.29 is 14.1 Å². The van der Waals surface area contributed by atoms with Gasteiger partial charge in [-0.05, 0) is 31.4 Å². The molecule has 4 rings (SSSR count). The smallest absolute Gasteiger partial charge is 0.292 e. The maximum absolute atomic E-state index is 12.8. The summed E-state index contributed by atoms with van der Waals surface area (Å²) in [6, 6.07) is 9.18. The quantitative estimate of drug-likeness (QED) is 0.846. The third-order valence-corrected chi connectivity index (χ3v) is 4.82. The molecule has 0 N–H and O–H groups in total. The topological polar surface area (TPSA) is 55.6 Å². The number of amides is 1. The van der Waals surface area contributed by atoms with Crippen LogP contribution in [0.5, 0.6) is 0 Å². The maximum atomic E-state index is 12.8. The van der Waals surface area contributed by atoms with Crippen LogP contribution >= 0.6 is 11.6 Å². The van der Waals surface area contributed by atoms with Gasteiger partial charge in [-0.25, -0.2) is 0 Å². The van der Waals surface area contributed by atoms with Crippen molar-refractivity contribution in [1.29, 1.82) is 0 Å². The van der Waals surface area contributed by atoms with Gasteiger partial charge in [0, 0.05) is 23.2 Å². The lowest BCUT2D eigenvalue weighted by molar-refractivity contribution is -0.0456. The number of rotatable bonds is 2. The molecule has 1 amide bonds. The van der Waals surface area contributed by atoms with Crippen LogP contribution in [0, 0.1) is 0 Å². The van der Waals surface area contributed by atoms with Crippen molar-refractivity contribution in [2.24, 2.45) is 0 Å². The number of fused-ring (bicyclic) bond motifs is 1. The first-order chi connectivity index (χ1) is 11.2. The van der Waals surface area contributed by atoms with E-state index in [1.54, 1.807) is 18.2 Å². The lowest BCUT2D eigenvalue weighted by Crippen LogP contribution is -2.51. The van der Waals surface area contributed by atoms with Crippen LogP contribution in [0.4, 0.5) is 0 Å². The molecule has 1 saturated carbocycles. The number of ether oxygens (including phenoxy) is 1. The predicted octanol–water partition coefficient (Wildman–Crippen LogP) is 3.39. The Kier molecular flexibility index (Phi) is 3.83. The number of hydrogen-bond acceptors (Lipinski definition) is 4. The van der Waals surface area contributed by atoms with Gasteiger partial charge >= 0.3 is 0 Å². The van der Waals surface area contributed by atoms with Crippen molar-refractivity contribution in [3.63, 3.8) is 0 Å². The minimum atomic E-state index is -0.106. The lowest BCUT2D eigenvalue weighted by atomic mass is 10.1. The molecule has 1 aliphatic carbocycles. The fourth-order valence-electron chi connectivity index (χ4n) is 3.48. The average Bonchev–Trinajstić information content (AvgIpc) is 3.23. The molecule has 2 aromatic rings. The highest BCUT2D eigenvalue weighted by Gasteiger charge is 2.39. The Balaban J connectivity index is 1.57. The first-order valence-corrected chi connectivity index (χ1v) is 8.25. The van der Waals surface area contributed by atoms with Gasteiger partial charge in [-0.15, -0.1) is 0 Å². The van der Waals surface area contributed by atoms with E-state index in [0.717, 1.165) is 24.8 Å². The Morgan fingerprint density at radius 2 is 2.22 bits per heavy atom. The molecule has 1 saturated heterocycles. The van der Waals surface area contributed by atoms with Crippen LogP contribution in [-0.2, 0) is 4.74 Å². The zero-order valence-electron chi connectivity index (χ0n) is 12.6. The lowest BCUT2D eigenvalue weighted by Gasteiger charge is -2.37. The van der Waals surface area contributed by atoms with Crippen LogP contribution < -0.4 is 0 Å². The first kappa shape index (κ1) is 14.7. The molecule has 0 unspecified atom stereocenters. The van der Waals surface area contributed by atoms with Gasteiger partial charge in [0.2, 0.25) is 5.76 Å². The Hall–Kier alpha value is -1.85. The summed E-state index contributed by atoms with van der Waals surface area (Å²) in [6.07, 6.45) is 3.29. The third-order valence-electron chi connectivity index (χ3n) is 4.58. The van der Waals surface area contributed by atoms with E-state index in [9.17, 15) is 4.79 Å². The van der Waals surface area contributed by atoms with Crippen molar-refractivity contribution in [3.8, 4) is 11.3 Å². The highest BCUT2D eigenvalue weighted by atomic mass is 35.5. The van der Waals surface area contributed by atoms with E-state index >= 15 is 0 Å². The number of halogens is 1. The van der Waals surface area contributed by atoms with Crippen LogP contribution in [0.1, 0.15) is 29.8 Å². The Morgan fingerprint density at radius 3 is 3.09 bits per heavy atom. The van der Waals surface area contributed by atoms with Gasteiger partial charge in [-0.1, -0.05) is 28.9 Å². The van der Waals surface area contributed by atoms with Gasteiger partial charge in [0.25, 0.3) is 5.91 Å². The van der Waals surface area contributed by atoms with Crippen molar-refractivity contribution >= 4 is 17.5 Å². The monoisotopic (exact) mass is 332 g/mol. The molecule has 0 radical (unpaired) electrons. The molecule has 6 heteroatoms. The van der Waals surface area contributed by atoms with Crippen LogP contribution in [0.25, 0.3) is 11.3 Å². The predicted molar refractivity (Wildman–Crippen MR) is 85.4 cm³/mol. The molecule has 5 nitrogen and oxygen atoms in total. The van der Waals surface area contributed by atoms with E-state index in [0.29, 0.717) is 23.9 Å². The van der Waals surface area contributed by atoms with E-state index in [-0.39, 0.29) is 23.8 Å². The SMILES string of the molecule is O=C(c1cc(-c2cccc(Cl)c2)no1)N1CCO[C@H]2CCC[C@@H]21. The molecule has 1 aromatic carbocycles. The summed E-state index contributed by atoms with van der Waals surface area (Å²) < 4.78 is 11.0. The third kappa shape index (κ3) is 2.75. The number of carbonyl (C=O) groups is 1. The molecule has 0 bridgehead atoms. The fourth-order valence-corrected chi connectivity index (χ4v) is 3.67. The number of nitrogens with zero attached hydrogens (tertiary/aromatic N) is 2. The summed E-state index contributed by atoms with van der Waals surface area (Å²) in [5.74, 6) is 0.165. The second-order valence-electron chi connectivity index (χ2n) is 5.99. The first-order valence-electron chi connectivity index (χ1n) is 7.87. The standard InChI is InChI=1S/C17H17ClN2O3/c18-12-4-1-3-11(9-12)13-10-16(23-19-13)17(21)20-7-8-22-15-6-2-5-14(15)20/h1,3-4,9-10,14-15H,2,5-8H2/t14-,15-/m0/s1. The molecule has 1 aromatic heterocycles. The molecule has 120 valence electrons. The van der Waals surface area contributed by atoms with Crippen LogP contribution in [-0.4, -0.2) is 41.3 Å². The fraction of sp³-hybridized carbons (Fsp3) is 0.412. The van der Waals surface area contributed by atoms with Crippen molar-refractivity contribution in [2.75, 3.05) is 13.2 Å². The molecule has 23 heavy (non-hydrogen) atoms. The molecule has 2 aliphatic rings. The van der Waals surface area contributed by atoms with Gasteiger partial charge in [0.1, 0.15) is 5.69 Å². The van der Waals surface area contributed by atoms with Crippen molar-refractivity contribution in [2.45, 2.75) is 31.4 Å². The molecular formula is C17H17ClN2O3. The molecule has 2 heterocycles. The average molecular weight is 333 g/mol. The summed E-state index contributed by atoms with van der Waals surface area (Å²) in [6.45, 7) is 1.19. The summed E-state index contributed by atoms with van der Waals surface area (Å²) >= 11 is 6.00. The van der Waals surface area contributed by atoms with E-state index < -0.39 is 0 Å². The van der Waals surface area contributed by atoms with Crippen molar-refractivity contribution in [1.82, 2.24) is 10.1 Å². The van der Waals surface area contributed by atoms with Gasteiger partial charge in [0.05, 0.1) is 18.8 Å². The van der Waals surface area contributed by atoms with Crippen LogP contribution in [0.3, 0.4) is 0 Å². The number of hydrogen-bond donors (Lipinski definition) is 0. The Labute approximate surface area is 139 Å². The maximum Gasteiger partial charge on any atom is 0.292 e. The number of aromatic nitrogens is 1. The van der Waals surface area contributed by atoms with Crippen LogP contribution in [0.15, 0.2) is 34.9 Å². The normalized spacial score (nSPS) is 23.8. The van der Waals surface area contributed by atoms with Crippen molar-refractivity contribution in [3.05, 3.63) is 41.1 Å². The summed E-state index contributed by atoms with van der Waals surface area (Å²) in [4.78, 5) is 14.6. The minimum Gasteiger partial charge on any atom is -0.374 e.